The molecule has 0 saturated carbocycles. The largest absolute Gasteiger partial charge is 0.240 e. The van der Waals surface area contributed by atoms with Crippen LogP contribution in [0.25, 0.3) is 0 Å². The summed E-state index contributed by atoms with van der Waals surface area (Å²) < 4.78 is 26.6. The molecular formula is C10H11BrN2O2S. The minimum Gasteiger partial charge on any atom is -0.210 e. The molecule has 0 amide bonds. The summed E-state index contributed by atoms with van der Waals surface area (Å²) in [6, 6.07) is 8.37. The lowest BCUT2D eigenvalue weighted by atomic mass is 10.2. The van der Waals surface area contributed by atoms with Crippen molar-refractivity contribution in [2.75, 3.05) is 6.54 Å². The zero-order valence-electron chi connectivity index (χ0n) is 8.64. The Morgan fingerprint density at radius 2 is 2.25 bits per heavy atom. The van der Waals surface area contributed by atoms with Crippen LogP contribution in [0, 0.1) is 17.2 Å². The van der Waals surface area contributed by atoms with E-state index in [1.807, 2.05) is 6.07 Å². The van der Waals surface area contributed by atoms with Gasteiger partial charge in [0.2, 0.25) is 10.0 Å². The van der Waals surface area contributed by atoms with Gasteiger partial charge in [-0.3, -0.25) is 0 Å². The second-order valence-corrected chi connectivity index (χ2v) is 6.02. The topological polar surface area (TPSA) is 70.0 Å². The molecule has 0 bridgehead atoms. The first-order chi connectivity index (χ1) is 7.45. The van der Waals surface area contributed by atoms with Gasteiger partial charge in [-0.2, -0.15) is 5.26 Å². The van der Waals surface area contributed by atoms with E-state index in [1.165, 1.54) is 12.1 Å². The minimum absolute atomic E-state index is 0.116. The Morgan fingerprint density at radius 1 is 1.56 bits per heavy atom. The number of nitrogens with zero attached hydrogens (tertiary/aromatic N) is 1. The molecule has 0 aliphatic rings. The van der Waals surface area contributed by atoms with Crippen LogP contribution in [0.5, 0.6) is 0 Å². The first-order valence-electron chi connectivity index (χ1n) is 4.60. The molecule has 0 spiro atoms. The van der Waals surface area contributed by atoms with Crippen LogP contribution in [0.2, 0.25) is 0 Å². The summed E-state index contributed by atoms with van der Waals surface area (Å²) in [5.74, 6) is -0.345. The molecule has 1 aromatic carbocycles. The zero-order chi connectivity index (χ0) is 12.2. The first kappa shape index (κ1) is 13.2. The summed E-state index contributed by atoms with van der Waals surface area (Å²) in [5, 5.41) is 8.55. The van der Waals surface area contributed by atoms with Gasteiger partial charge in [-0.1, -0.05) is 22.0 Å². The van der Waals surface area contributed by atoms with Crippen LogP contribution < -0.4 is 4.72 Å². The Hall–Kier alpha value is -0.900. The molecule has 0 aliphatic heterocycles. The van der Waals surface area contributed by atoms with Gasteiger partial charge in [0, 0.05) is 11.0 Å². The Balaban J connectivity index is 2.83. The summed E-state index contributed by atoms with van der Waals surface area (Å²) in [6.07, 6.45) is 0. The lowest BCUT2D eigenvalue weighted by Gasteiger charge is -2.07. The van der Waals surface area contributed by atoms with Gasteiger partial charge in [0.05, 0.1) is 16.9 Å². The summed E-state index contributed by atoms with van der Waals surface area (Å²) in [7, 11) is -3.52. The molecule has 1 aromatic rings. The van der Waals surface area contributed by atoms with Crippen molar-refractivity contribution < 1.29 is 8.42 Å². The number of halogens is 1. The number of rotatable bonds is 4. The molecule has 0 aliphatic carbocycles. The number of nitriles is 1. The van der Waals surface area contributed by atoms with Crippen LogP contribution in [-0.4, -0.2) is 15.0 Å². The molecule has 1 unspecified atom stereocenters. The van der Waals surface area contributed by atoms with Crippen LogP contribution in [0.1, 0.15) is 6.92 Å². The molecular weight excluding hydrogens is 292 g/mol. The van der Waals surface area contributed by atoms with E-state index in [-0.39, 0.29) is 17.4 Å². The molecule has 1 N–H and O–H groups in total. The predicted molar refractivity (Wildman–Crippen MR) is 64.1 cm³/mol. The Kier molecular flexibility index (Phi) is 4.47. The average Bonchev–Trinajstić information content (AvgIpc) is 2.26. The van der Waals surface area contributed by atoms with Crippen molar-refractivity contribution in [3.63, 3.8) is 0 Å². The first-order valence-corrected chi connectivity index (χ1v) is 6.88. The number of hydrogen-bond donors (Lipinski definition) is 1. The van der Waals surface area contributed by atoms with Gasteiger partial charge in [0.15, 0.2) is 0 Å². The van der Waals surface area contributed by atoms with Crippen LogP contribution in [0.4, 0.5) is 0 Å². The third kappa shape index (κ3) is 3.59. The number of sulfonamides is 1. The smallest absolute Gasteiger partial charge is 0.210 e. The van der Waals surface area contributed by atoms with Gasteiger partial charge in [-0.25, -0.2) is 13.1 Å². The van der Waals surface area contributed by atoms with E-state index in [1.54, 1.807) is 19.1 Å². The SMILES string of the molecule is CC(C#N)CNS(=O)(=O)c1cccc(Br)c1. The van der Waals surface area contributed by atoms with Crippen LogP contribution in [0.15, 0.2) is 33.6 Å². The zero-order valence-corrected chi connectivity index (χ0v) is 11.0. The van der Waals surface area contributed by atoms with Crippen molar-refractivity contribution >= 4 is 26.0 Å². The molecule has 0 heterocycles. The highest BCUT2D eigenvalue weighted by Crippen LogP contribution is 2.15. The standard InChI is InChI=1S/C10H11BrN2O2S/c1-8(6-12)7-13-16(14,15)10-4-2-3-9(11)5-10/h2-5,8,13H,7H2,1H3. The second kappa shape index (κ2) is 5.43. The molecule has 0 saturated heterocycles. The Morgan fingerprint density at radius 3 is 2.81 bits per heavy atom. The van der Waals surface area contributed by atoms with E-state index < -0.39 is 10.0 Å². The quantitative estimate of drug-likeness (QED) is 0.923. The highest BCUT2D eigenvalue weighted by Gasteiger charge is 2.14. The molecule has 16 heavy (non-hydrogen) atoms. The van der Waals surface area contributed by atoms with Gasteiger partial charge in [-0.15, -0.1) is 0 Å². The molecule has 0 fully saturated rings. The fourth-order valence-electron chi connectivity index (χ4n) is 0.998. The highest BCUT2D eigenvalue weighted by atomic mass is 79.9. The Labute approximate surface area is 103 Å². The van der Waals surface area contributed by atoms with E-state index >= 15 is 0 Å². The lowest BCUT2D eigenvalue weighted by molar-refractivity contribution is 0.572. The molecule has 0 aromatic heterocycles. The maximum absolute atomic E-state index is 11.8. The van der Waals surface area contributed by atoms with Crippen LogP contribution in [0.3, 0.4) is 0 Å². The van der Waals surface area contributed by atoms with Crippen molar-refractivity contribution in [3.05, 3.63) is 28.7 Å². The minimum atomic E-state index is -3.52. The van der Waals surface area contributed by atoms with Crippen molar-refractivity contribution in [1.82, 2.24) is 4.72 Å². The fraction of sp³-hybridized carbons (Fsp3) is 0.300. The summed E-state index contributed by atoms with van der Waals surface area (Å²) in [5.41, 5.74) is 0. The Bertz CT molecular complexity index is 508. The second-order valence-electron chi connectivity index (χ2n) is 3.34. The predicted octanol–water partition coefficient (Wildman–Crippen LogP) is 1.89. The molecule has 4 nitrogen and oxygen atoms in total. The molecule has 1 atom stereocenters. The van der Waals surface area contributed by atoms with Crippen molar-refractivity contribution in [1.29, 1.82) is 5.26 Å². The van der Waals surface area contributed by atoms with Crippen LogP contribution in [-0.2, 0) is 10.0 Å². The molecule has 1 rings (SSSR count). The molecule has 86 valence electrons. The lowest BCUT2D eigenvalue weighted by Crippen LogP contribution is -2.27. The monoisotopic (exact) mass is 302 g/mol. The average molecular weight is 303 g/mol. The van der Waals surface area contributed by atoms with Gasteiger partial charge < -0.3 is 0 Å². The summed E-state index contributed by atoms with van der Waals surface area (Å²) in [4.78, 5) is 0.187. The maximum atomic E-state index is 11.8. The fourth-order valence-corrected chi connectivity index (χ4v) is 2.72. The van der Waals surface area contributed by atoms with Crippen molar-refractivity contribution in [3.8, 4) is 6.07 Å². The number of nitrogens with one attached hydrogen (secondary N) is 1. The molecule has 0 radical (unpaired) electrons. The van der Waals surface area contributed by atoms with E-state index in [9.17, 15) is 8.42 Å². The summed E-state index contributed by atoms with van der Waals surface area (Å²) in [6.45, 7) is 1.77. The van der Waals surface area contributed by atoms with Crippen LogP contribution >= 0.6 is 15.9 Å². The highest BCUT2D eigenvalue weighted by molar-refractivity contribution is 9.10. The van der Waals surface area contributed by atoms with E-state index in [4.69, 9.17) is 5.26 Å². The van der Waals surface area contributed by atoms with E-state index in [0.29, 0.717) is 4.47 Å². The van der Waals surface area contributed by atoms with E-state index in [0.717, 1.165) is 0 Å². The summed E-state index contributed by atoms with van der Waals surface area (Å²) >= 11 is 3.20. The van der Waals surface area contributed by atoms with E-state index in [2.05, 4.69) is 20.7 Å². The number of hydrogen-bond acceptors (Lipinski definition) is 3. The third-order valence-corrected chi connectivity index (χ3v) is 3.82. The van der Waals surface area contributed by atoms with Gasteiger partial charge in [-0.05, 0) is 25.1 Å². The van der Waals surface area contributed by atoms with Crippen molar-refractivity contribution in [2.24, 2.45) is 5.92 Å². The third-order valence-electron chi connectivity index (χ3n) is 1.91. The maximum Gasteiger partial charge on any atom is 0.240 e. The number of benzene rings is 1. The molecule has 6 heteroatoms. The normalized spacial score (nSPS) is 13.1. The van der Waals surface area contributed by atoms with Gasteiger partial charge in [0.1, 0.15) is 0 Å². The van der Waals surface area contributed by atoms with Crippen molar-refractivity contribution in [2.45, 2.75) is 11.8 Å². The van der Waals surface area contributed by atoms with Gasteiger partial charge in [0.25, 0.3) is 0 Å². The van der Waals surface area contributed by atoms with Gasteiger partial charge >= 0.3 is 0 Å².